The van der Waals surface area contributed by atoms with E-state index < -0.39 is 12.6 Å². The van der Waals surface area contributed by atoms with Gasteiger partial charge in [0, 0.05) is 17.6 Å². The van der Waals surface area contributed by atoms with Gasteiger partial charge < -0.3 is 5.32 Å². The molecule has 0 atom stereocenters. The quantitative estimate of drug-likeness (QED) is 0.734. The van der Waals surface area contributed by atoms with Crippen molar-refractivity contribution in [3.8, 4) is 0 Å². The van der Waals surface area contributed by atoms with Gasteiger partial charge in [-0.05, 0) is 0 Å². The zero-order chi connectivity index (χ0) is 8.91. The van der Waals surface area contributed by atoms with Crippen LogP contribution in [-0.4, -0.2) is 19.3 Å². The van der Waals surface area contributed by atoms with Crippen molar-refractivity contribution in [1.29, 1.82) is 0 Å². The van der Waals surface area contributed by atoms with Gasteiger partial charge in [-0.1, -0.05) is 22.5 Å². The summed E-state index contributed by atoms with van der Waals surface area (Å²) in [5.74, 6) is 0. The van der Waals surface area contributed by atoms with E-state index in [-0.39, 0.29) is 6.54 Å². The highest BCUT2D eigenvalue weighted by molar-refractivity contribution is 9.11. The number of alkyl halides is 3. The van der Waals surface area contributed by atoms with Crippen LogP contribution in [-0.2, 0) is 0 Å². The fourth-order valence-electron chi connectivity index (χ4n) is 0.454. The van der Waals surface area contributed by atoms with Crippen molar-refractivity contribution in [3.63, 3.8) is 0 Å². The molecule has 0 bridgehead atoms. The van der Waals surface area contributed by atoms with E-state index in [0.717, 1.165) is 0 Å². The van der Waals surface area contributed by atoms with Crippen LogP contribution >= 0.6 is 15.9 Å². The Morgan fingerprint density at radius 2 is 2.00 bits per heavy atom. The van der Waals surface area contributed by atoms with E-state index in [4.69, 9.17) is 0 Å². The second-order valence-corrected chi connectivity index (χ2v) is 3.18. The zero-order valence-electron chi connectivity index (χ0n) is 5.84. The molecule has 0 amide bonds. The summed E-state index contributed by atoms with van der Waals surface area (Å²) >= 11 is 3.02. The fourth-order valence-corrected chi connectivity index (χ4v) is 0.652. The molecule has 1 N–H and O–H groups in total. The Hall–Kier alpha value is -0.0300. The molecule has 0 heterocycles. The largest absolute Gasteiger partial charge is 0.390 e. The lowest BCUT2D eigenvalue weighted by atomic mass is 10.4. The highest BCUT2D eigenvalue weighted by atomic mass is 79.9. The number of halogens is 4. The average molecular weight is 232 g/mol. The van der Waals surface area contributed by atoms with Crippen LogP contribution in [0.2, 0.25) is 0 Å². The predicted octanol–water partition coefficient (Wildman–Crippen LogP) is 2.44. The van der Waals surface area contributed by atoms with Gasteiger partial charge in [0.1, 0.15) is 0 Å². The monoisotopic (exact) mass is 231 g/mol. The topological polar surface area (TPSA) is 12.0 Å². The van der Waals surface area contributed by atoms with Gasteiger partial charge in [-0.25, -0.2) is 0 Å². The third-order valence-corrected chi connectivity index (χ3v) is 1.18. The van der Waals surface area contributed by atoms with Gasteiger partial charge in [0.2, 0.25) is 0 Å². The zero-order valence-corrected chi connectivity index (χ0v) is 7.43. The van der Waals surface area contributed by atoms with Gasteiger partial charge in [0.15, 0.2) is 0 Å². The minimum absolute atomic E-state index is 0.0614. The third kappa shape index (κ3) is 9.97. The molecule has 0 saturated carbocycles. The molecule has 0 spiro atoms. The molecule has 11 heavy (non-hydrogen) atoms. The van der Waals surface area contributed by atoms with Crippen molar-refractivity contribution in [3.05, 3.63) is 11.1 Å². The van der Waals surface area contributed by atoms with Gasteiger partial charge in [0.05, 0.1) is 6.42 Å². The summed E-state index contributed by atoms with van der Waals surface area (Å²) in [7, 11) is 0. The van der Waals surface area contributed by atoms with Crippen LogP contribution in [0.1, 0.15) is 6.42 Å². The van der Waals surface area contributed by atoms with Crippen LogP contribution in [0.4, 0.5) is 13.2 Å². The first-order valence-corrected chi connectivity index (χ1v) is 3.82. The number of nitrogens with one attached hydrogen (secondary N) is 1. The summed E-state index contributed by atoms with van der Waals surface area (Å²) in [6.45, 7) is 3.77. The Bertz CT molecular complexity index is 132. The smallest absolute Gasteiger partial charge is 0.312 e. The highest BCUT2D eigenvalue weighted by Gasteiger charge is 2.25. The van der Waals surface area contributed by atoms with Crippen LogP contribution in [0.3, 0.4) is 0 Å². The molecule has 0 aliphatic heterocycles. The average Bonchev–Trinajstić information content (AvgIpc) is 1.78. The van der Waals surface area contributed by atoms with Gasteiger partial charge in [-0.2, -0.15) is 13.2 Å². The van der Waals surface area contributed by atoms with Crippen LogP contribution in [0.25, 0.3) is 0 Å². The summed E-state index contributed by atoms with van der Waals surface area (Å²) in [4.78, 5) is 0. The molecule has 0 aromatic rings. The highest BCUT2D eigenvalue weighted by Crippen LogP contribution is 2.18. The molecule has 0 radical (unpaired) electrons. The summed E-state index contributed by atoms with van der Waals surface area (Å²) in [5, 5.41) is 2.57. The van der Waals surface area contributed by atoms with Gasteiger partial charge in [-0.15, -0.1) is 0 Å². The summed E-state index contributed by atoms with van der Waals surface area (Å²) in [5.41, 5.74) is 0. The van der Waals surface area contributed by atoms with Crippen molar-refractivity contribution in [2.24, 2.45) is 0 Å². The maximum atomic E-state index is 11.5. The molecule has 0 aliphatic carbocycles. The maximum absolute atomic E-state index is 11.5. The van der Waals surface area contributed by atoms with Crippen molar-refractivity contribution in [2.45, 2.75) is 12.6 Å². The molecule has 0 saturated heterocycles. The Kier molecular flexibility index (Phi) is 4.76. The van der Waals surface area contributed by atoms with E-state index in [1.54, 1.807) is 0 Å². The van der Waals surface area contributed by atoms with E-state index in [9.17, 15) is 13.2 Å². The lowest BCUT2D eigenvalue weighted by Crippen LogP contribution is -2.22. The van der Waals surface area contributed by atoms with Crippen LogP contribution in [0.15, 0.2) is 11.1 Å². The number of hydrogen-bond donors (Lipinski definition) is 1. The Labute approximate surface area is 71.8 Å². The van der Waals surface area contributed by atoms with E-state index in [1.807, 2.05) is 0 Å². The molecule has 0 aromatic heterocycles. The third-order valence-electron chi connectivity index (χ3n) is 0.902. The molecule has 0 aromatic carbocycles. The minimum Gasteiger partial charge on any atom is -0.312 e. The first kappa shape index (κ1) is 11.0. The second-order valence-electron chi connectivity index (χ2n) is 2.06. The van der Waals surface area contributed by atoms with Gasteiger partial charge in [-0.3, -0.25) is 0 Å². The van der Waals surface area contributed by atoms with Crippen LogP contribution < -0.4 is 5.32 Å². The van der Waals surface area contributed by atoms with Gasteiger partial charge in [0.25, 0.3) is 0 Å². The second kappa shape index (κ2) is 4.77. The SMILES string of the molecule is C=C(Br)CNCCC(F)(F)F. The van der Waals surface area contributed by atoms with Crippen molar-refractivity contribution >= 4 is 15.9 Å². The van der Waals surface area contributed by atoms with Crippen molar-refractivity contribution in [2.75, 3.05) is 13.1 Å². The molecule has 5 heteroatoms. The first-order valence-electron chi connectivity index (χ1n) is 3.02. The van der Waals surface area contributed by atoms with Gasteiger partial charge >= 0.3 is 6.18 Å². The van der Waals surface area contributed by atoms with Crippen molar-refractivity contribution in [1.82, 2.24) is 5.32 Å². The van der Waals surface area contributed by atoms with Crippen molar-refractivity contribution < 1.29 is 13.2 Å². The molecular weight excluding hydrogens is 223 g/mol. The molecule has 66 valence electrons. The van der Waals surface area contributed by atoms with E-state index in [2.05, 4.69) is 27.8 Å². The van der Waals surface area contributed by atoms with E-state index >= 15 is 0 Å². The molecule has 0 fully saturated rings. The van der Waals surface area contributed by atoms with E-state index in [0.29, 0.717) is 11.0 Å². The number of hydrogen-bond acceptors (Lipinski definition) is 1. The summed E-state index contributed by atoms with van der Waals surface area (Å²) < 4.78 is 35.2. The minimum atomic E-state index is -4.07. The van der Waals surface area contributed by atoms with Crippen LogP contribution in [0, 0.1) is 0 Å². The molecule has 1 nitrogen and oxygen atoms in total. The maximum Gasteiger partial charge on any atom is 0.390 e. The summed E-state index contributed by atoms with van der Waals surface area (Å²) in [6, 6.07) is 0. The predicted molar refractivity (Wildman–Crippen MR) is 41.6 cm³/mol. The first-order chi connectivity index (χ1) is 4.92. The Morgan fingerprint density at radius 1 is 1.45 bits per heavy atom. The molecule has 0 rings (SSSR count). The molecule has 0 unspecified atom stereocenters. The Balaban J connectivity index is 3.22. The normalized spacial score (nSPS) is 11.6. The number of rotatable bonds is 4. The van der Waals surface area contributed by atoms with Crippen LogP contribution in [0.5, 0.6) is 0 Å². The lowest BCUT2D eigenvalue weighted by molar-refractivity contribution is -0.133. The van der Waals surface area contributed by atoms with E-state index in [1.165, 1.54) is 0 Å². The molecular formula is C6H9BrF3N. The Morgan fingerprint density at radius 3 is 2.36 bits per heavy atom. The molecule has 0 aliphatic rings. The lowest BCUT2D eigenvalue weighted by Gasteiger charge is -2.06. The fraction of sp³-hybridized carbons (Fsp3) is 0.667. The standard InChI is InChI=1S/C6H9BrF3N/c1-5(7)4-11-3-2-6(8,9)10/h11H,1-4H2. The summed E-state index contributed by atoms with van der Waals surface area (Å²) in [6.07, 6.45) is -4.87.